The lowest BCUT2D eigenvalue weighted by Gasteiger charge is -2.17. The van der Waals surface area contributed by atoms with Gasteiger partial charge < -0.3 is 10.1 Å². The number of nitrogens with one attached hydrogen (secondary N) is 1. The molecule has 1 N–H and O–H groups in total. The van der Waals surface area contributed by atoms with Gasteiger partial charge in [0, 0.05) is 18.0 Å². The zero-order chi connectivity index (χ0) is 16.4. The van der Waals surface area contributed by atoms with Crippen LogP contribution in [0.3, 0.4) is 0 Å². The maximum absolute atomic E-state index is 12.3. The van der Waals surface area contributed by atoms with Crippen molar-refractivity contribution < 1.29 is 19.1 Å². The van der Waals surface area contributed by atoms with Crippen molar-refractivity contribution in [3.05, 3.63) is 21.4 Å². The van der Waals surface area contributed by atoms with Gasteiger partial charge in [0.25, 0.3) is 5.91 Å². The van der Waals surface area contributed by atoms with Crippen molar-refractivity contribution in [3.8, 4) is 0 Å². The molecule has 0 spiro atoms. The number of aryl methyl sites for hydroxylation is 2. The Bertz CT molecular complexity index is 617. The molecule has 1 fully saturated rings. The maximum Gasteiger partial charge on any atom is 0.349 e. The molecule has 1 aromatic heterocycles. The predicted molar refractivity (Wildman–Crippen MR) is 85.6 cm³/mol. The number of urea groups is 1. The van der Waals surface area contributed by atoms with Crippen molar-refractivity contribution in [2.45, 2.75) is 45.1 Å². The Hall–Kier alpha value is -1.89. The molecular weight excluding hydrogens is 316 g/mol. The summed E-state index contributed by atoms with van der Waals surface area (Å²) in [5, 5.41) is 2.56. The molecule has 124 valence electrons. The summed E-state index contributed by atoms with van der Waals surface area (Å²) in [5.41, 5.74) is 1.23. The average molecular weight is 336 g/mol. The molecule has 2 heterocycles. The minimum Gasteiger partial charge on any atom is -0.448 e. The number of carbonyl (C=O) groups excluding carboxylic acids is 3. The minimum absolute atomic E-state index is 0.312. The Morgan fingerprint density at radius 2 is 2.09 bits per heavy atom. The predicted octanol–water partition coefficient (Wildman–Crippen LogP) is 2.11. The van der Waals surface area contributed by atoms with E-state index in [2.05, 4.69) is 5.32 Å². The van der Waals surface area contributed by atoms with Gasteiger partial charge in [-0.1, -0.05) is 6.42 Å². The highest BCUT2D eigenvalue weighted by Crippen LogP contribution is 2.29. The first-order valence-electron chi connectivity index (χ1n) is 7.98. The molecular formula is C16H20N2O4S. The summed E-state index contributed by atoms with van der Waals surface area (Å²) >= 11 is 1.46. The minimum atomic E-state index is -0.965. The molecule has 0 radical (unpaired) electrons. The van der Waals surface area contributed by atoms with Crippen LogP contribution in [0.5, 0.6) is 0 Å². The number of ether oxygens (including phenoxy) is 1. The van der Waals surface area contributed by atoms with E-state index in [0.29, 0.717) is 18.0 Å². The van der Waals surface area contributed by atoms with E-state index >= 15 is 0 Å². The van der Waals surface area contributed by atoms with Crippen LogP contribution in [0.15, 0.2) is 6.07 Å². The monoisotopic (exact) mass is 336 g/mol. The highest BCUT2D eigenvalue weighted by Gasteiger charge is 2.32. The number of imide groups is 1. The number of amides is 3. The summed E-state index contributed by atoms with van der Waals surface area (Å²) in [6.45, 7) is 2.25. The lowest BCUT2D eigenvalue weighted by molar-refractivity contribution is -0.135. The van der Waals surface area contributed by atoms with Gasteiger partial charge >= 0.3 is 12.0 Å². The van der Waals surface area contributed by atoms with Crippen LogP contribution in [-0.2, 0) is 22.4 Å². The summed E-state index contributed by atoms with van der Waals surface area (Å²) < 4.78 is 5.27. The van der Waals surface area contributed by atoms with Gasteiger partial charge in [-0.2, -0.15) is 0 Å². The van der Waals surface area contributed by atoms with E-state index in [1.165, 1.54) is 35.1 Å². The van der Waals surface area contributed by atoms with Crippen molar-refractivity contribution in [1.82, 2.24) is 10.2 Å². The second-order valence-electron chi connectivity index (χ2n) is 5.89. The van der Waals surface area contributed by atoms with Crippen LogP contribution in [0.4, 0.5) is 4.79 Å². The molecule has 1 aliphatic carbocycles. The Balaban J connectivity index is 1.64. The van der Waals surface area contributed by atoms with Crippen molar-refractivity contribution in [3.63, 3.8) is 0 Å². The number of nitrogens with zero attached hydrogens (tertiary/aromatic N) is 1. The van der Waals surface area contributed by atoms with E-state index in [4.69, 9.17) is 4.74 Å². The molecule has 1 unspecified atom stereocenters. The first kappa shape index (κ1) is 16.0. The zero-order valence-electron chi connectivity index (χ0n) is 13.1. The van der Waals surface area contributed by atoms with Crippen LogP contribution in [0, 0.1) is 0 Å². The van der Waals surface area contributed by atoms with E-state index in [9.17, 15) is 14.4 Å². The van der Waals surface area contributed by atoms with Crippen LogP contribution < -0.4 is 5.32 Å². The second-order valence-corrected chi connectivity index (χ2v) is 7.03. The number of esters is 1. The largest absolute Gasteiger partial charge is 0.448 e. The highest BCUT2D eigenvalue weighted by molar-refractivity contribution is 7.14. The lowest BCUT2D eigenvalue weighted by Crippen LogP contribution is -2.41. The molecule has 2 aliphatic rings. The van der Waals surface area contributed by atoms with Gasteiger partial charge in [-0.25, -0.2) is 9.59 Å². The maximum atomic E-state index is 12.3. The van der Waals surface area contributed by atoms with Crippen LogP contribution >= 0.6 is 11.3 Å². The first-order chi connectivity index (χ1) is 11.1. The zero-order valence-corrected chi connectivity index (χ0v) is 13.9. The van der Waals surface area contributed by atoms with Gasteiger partial charge in [0.15, 0.2) is 6.10 Å². The molecule has 1 aromatic rings. The summed E-state index contributed by atoms with van der Waals surface area (Å²) in [5.74, 6) is -0.963. The molecule has 0 saturated carbocycles. The fraction of sp³-hybridized carbons (Fsp3) is 0.562. The number of hydrogen-bond acceptors (Lipinski definition) is 5. The molecule has 0 aromatic carbocycles. The Labute approximate surface area is 138 Å². The normalized spacial score (nSPS) is 18.8. The van der Waals surface area contributed by atoms with Crippen LogP contribution in [0.2, 0.25) is 0 Å². The SMILES string of the molecule is CC(OC(=O)c1cc2c(s1)CCCCC2)C(=O)N1CCNC1=O. The molecule has 6 nitrogen and oxygen atoms in total. The third-order valence-corrected chi connectivity index (χ3v) is 5.42. The molecule has 23 heavy (non-hydrogen) atoms. The van der Waals surface area contributed by atoms with Crippen molar-refractivity contribution >= 4 is 29.2 Å². The molecule has 1 saturated heterocycles. The number of rotatable bonds is 3. The lowest BCUT2D eigenvalue weighted by atomic mass is 10.1. The van der Waals surface area contributed by atoms with Gasteiger partial charge in [-0.3, -0.25) is 9.69 Å². The molecule has 0 bridgehead atoms. The first-order valence-corrected chi connectivity index (χ1v) is 8.79. The smallest absolute Gasteiger partial charge is 0.349 e. The summed E-state index contributed by atoms with van der Waals surface area (Å²) in [6.07, 6.45) is 4.58. The molecule has 3 amide bonds. The van der Waals surface area contributed by atoms with Gasteiger partial charge in [-0.05, 0) is 44.2 Å². The van der Waals surface area contributed by atoms with E-state index < -0.39 is 24.0 Å². The molecule has 1 atom stereocenters. The average Bonchev–Trinajstić information content (AvgIpc) is 3.07. The fourth-order valence-corrected chi connectivity index (χ4v) is 4.07. The van der Waals surface area contributed by atoms with Crippen molar-refractivity contribution in [2.24, 2.45) is 0 Å². The van der Waals surface area contributed by atoms with Gasteiger partial charge in [-0.15, -0.1) is 11.3 Å². The standard InChI is InChI=1S/C16H20N2O4S/c1-10(14(19)18-8-7-17-16(18)21)22-15(20)13-9-11-5-3-2-4-6-12(11)23-13/h9-10H,2-8H2,1H3,(H,17,21). The summed E-state index contributed by atoms with van der Waals surface area (Å²) in [7, 11) is 0. The number of carbonyl (C=O) groups is 3. The number of thiophene rings is 1. The topological polar surface area (TPSA) is 75.7 Å². The van der Waals surface area contributed by atoms with Gasteiger partial charge in [0.2, 0.25) is 0 Å². The van der Waals surface area contributed by atoms with Gasteiger partial charge in [0.1, 0.15) is 4.88 Å². The van der Waals surface area contributed by atoms with E-state index in [1.54, 1.807) is 0 Å². The second kappa shape index (κ2) is 6.70. The van der Waals surface area contributed by atoms with Gasteiger partial charge in [0.05, 0.1) is 0 Å². The van der Waals surface area contributed by atoms with E-state index in [0.717, 1.165) is 30.6 Å². The third kappa shape index (κ3) is 3.39. The molecule has 1 aliphatic heterocycles. The fourth-order valence-electron chi connectivity index (χ4n) is 2.94. The Morgan fingerprint density at radius 1 is 1.30 bits per heavy atom. The Kier molecular flexibility index (Phi) is 4.66. The van der Waals surface area contributed by atoms with Crippen molar-refractivity contribution in [1.29, 1.82) is 0 Å². The van der Waals surface area contributed by atoms with Crippen LogP contribution in [0.1, 0.15) is 46.3 Å². The number of hydrogen-bond donors (Lipinski definition) is 1. The quantitative estimate of drug-likeness (QED) is 0.677. The molecule has 3 rings (SSSR count). The van der Waals surface area contributed by atoms with Crippen molar-refractivity contribution in [2.75, 3.05) is 13.1 Å². The Morgan fingerprint density at radius 3 is 2.83 bits per heavy atom. The van der Waals surface area contributed by atoms with Crippen LogP contribution in [-0.4, -0.2) is 42.0 Å². The third-order valence-electron chi connectivity index (χ3n) is 4.20. The molecule has 7 heteroatoms. The van der Waals surface area contributed by atoms with E-state index in [-0.39, 0.29) is 0 Å². The summed E-state index contributed by atoms with van der Waals surface area (Å²) in [6, 6.07) is 1.47. The highest BCUT2D eigenvalue weighted by atomic mass is 32.1. The van der Waals surface area contributed by atoms with Crippen LogP contribution in [0.25, 0.3) is 0 Å². The van der Waals surface area contributed by atoms with E-state index in [1.807, 2.05) is 6.07 Å². The number of fused-ring (bicyclic) bond motifs is 1. The summed E-state index contributed by atoms with van der Waals surface area (Å²) in [4.78, 5) is 38.8.